The molecule has 0 fully saturated rings. The molecule has 4 aromatic rings. The van der Waals surface area contributed by atoms with Crippen LogP contribution in [0, 0.1) is 20.8 Å². The Labute approximate surface area is 169 Å². The average Bonchev–Trinajstić information content (AvgIpc) is 3.33. The van der Waals surface area contributed by atoms with Gasteiger partial charge >= 0.3 is 0 Å². The second-order valence-corrected chi connectivity index (χ2v) is 7.02. The van der Waals surface area contributed by atoms with E-state index < -0.39 is 0 Å². The summed E-state index contributed by atoms with van der Waals surface area (Å²) in [4.78, 5) is 12.6. The van der Waals surface area contributed by atoms with Gasteiger partial charge < -0.3 is 9.84 Å². The van der Waals surface area contributed by atoms with Crippen molar-refractivity contribution >= 4 is 5.91 Å². The van der Waals surface area contributed by atoms with Gasteiger partial charge in [0.1, 0.15) is 0 Å². The summed E-state index contributed by atoms with van der Waals surface area (Å²) in [5, 5.41) is 11.5. The highest BCUT2D eigenvalue weighted by Crippen LogP contribution is 2.21. The van der Waals surface area contributed by atoms with E-state index >= 15 is 0 Å². The summed E-state index contributed by atoms with van der Waals surface area (Å²) in [7, 11) is 0. The smallest absolute Gasteiger partial charge is 0.273 e. The summed E-state index contributed by atoms with van der Waals surface area (Å²) in [6, 6.07) is 19.5. The van der Waals surface area contributed by atoms with Crippen molar-refractivity contribution in [3.8, 4) is 17.0 Å². The summed E-state index contributed by atoms with van der Waals surface area (Å²) < 4.78 is 7.24. The second kappa shape index (κ2) is 7.75. The standard InChI is InChI=1S/C23H22N4O2/c1-15-9-11-18(12-10-15)22-13-21(26-29-22)23(28)24-14-20-16(2)25-27(17(20)3)19-7-5-4-6-8-19/h4-13H,14H2,1-3H3,(H,24,28). The van der Waals surface area contributed by atoms with Gasteiger partial charge in [-0.05, 0) is 32.9 Å². The number of amides is 1. The highest BCUT2D eigenvalue weighted by Gasteiger charge is 2.17. The Hall–Kier alpha value is -3.67. The zero-order valence-electron chi connectivity index (χ0n) is 16.6. The Balaban J connectivity index is 1.48. The third-order valence-corrected chi connectivity index (χ3v) is 4.95. The number of hydrogen-bond donors (Lipinski definition) is 1. The molecule has 0 aliphatic heterocycles. The van der Waals surface area contributed by atoms with E-state index in [1.54, 1.807) is 6.07 Å². The molecule has 6 heteroatoms. The molecular formula is C23H22N4O2. The topological polar surface area (TPSA) is 73.0 Å². The lowest BCUT2D eigenvalue weighted by Crippen LogP contribution is -2.23. The Morgan fingerprint density at radius 2 is 1.76 bits per heavy atom. The van der Waals surface area contributed by atoms with Gasteiger partial charge in [-0.2, -0.15) is 5.10 Å². The fraction of sp³-hybridized carbons (Fsp3) is 0.174. The van der Waals surface area contributed by atoms with Crippen molar-refractivity contribution < 1.29 is 9.32 Å². The van der Waals surface area contributed by atoms with Gasteiger partial charge in [-0.25, -0.2) is 4.68 Å². The first-order chi connectivity index (χ1) is 14.0. The molecule has 0 saturated carbocycles. The summed E-state index contributed by atoms with van der Waals surface area (Å²) in [5.41, 5.74) is 6.16. The number of hydrogen-bond acceptors (Lipinski definition) is 4. The molecule has 1 amide bonds. The Morgan fingerprint density at radius 3 is 2.48 bits per heavy atom. The van der Waals surface area contributed by atoms with E-state index in [0.717, 1.165) is 33.8 Å². The maximum absolute atomic E-state index is 12.6. The zero-order chi connectivity index (χ0) is 20.4. The van der Waals surface area contributed by atoms with Crippen LogP contribution in [0.15, 0.2) is 65.2 Å². The minimum atomic E-state index is -0.279. The number of nitrogens with zero attached hydrogens (tertiary/aromatic N) is 3. The van der Waals surface area contributed by atoms with Gasteiger partial charge in [-0.3, -0.25) is 4.79 Å². The van der Waals surface area contributed by atoms with Crippen LogP contribution in [0.4, 0.5) is 0 Å². The predicted octanol–water partition coefficient (Wildman–Crippen LogP) is 4.38. The largest absolute Gasteiger partial charge is 0.355 e. The van der Waals surface area contributed by atoms with Crippen LogP contribution in [0.2, 0.25) is 0 Å². The number of aryl methyl sites for hydroxylation is 2. The van der Waals surface area contributed by atoms with Crippen molar-refractivity contribution in [1.82, 2.24) is 20.3 Å². The van der Waals surface area contributed by atoms with E-state index in [1.165, 1.54) is 0 Å². The second-order valence-electron chi connectivity index (χ2n) is 7.02. The van der Waals surface area contributed by atoms with Crippen molar-refractivity contribution in [2.45, 2.75) is 27.3 Å². The molecule has 2 aromatic carbocycles. The molecule has 146 valence electrons. The van der Waals surface area contributed by atoms with Crippen molar-refractivity contribution in [3.63, 3.8) is 0 Å². The number of aromatic nitrogens is 3. The lowest BCUT2D eigenvalue weighted by atomic mass is 10.1. The summed E-state index contributed by atoms with van der Waals surface area (Å²) in [6.07, 6.45) is 0. The number of rotatable bonds is 5. The number of benzene rings is 2. The van der Waals surface area contributed by atoms with Crippen LogP contribution in [0.5, 0.6) is 0 Å². The molecule has 2 aromatic heterocycles. The molecule has 0 aliphatic rings. The van der Waals surface area contributed by atoms with Crippen molar-refractivity contribution in [1.29, 1.82) is 0 Å². The van der Waals surface area contributed by atoms with Crippen LogP contribution < -0.4 is 5.32 Å². The molecule has 0 saturated heterocycles. The molecule has 0 aliphatic carbocycles. The van der Waals surface area contributed by atoms with Crippen LogP contribution in [-0.2, 0) is 6.54 Å². The number of nitrogens with one attached hydrogen (secondary N) is 1. The summed E-state index contributed by atoms with van der Waals surface area (Å²) in [5.74, 6) is 0.290. The van der Waals surface area contributed by atoms with E-state index in [4.69, 9.17) is 4.52 Å². The lowest BCUT2D eigenvalue weighted by molar-refractivity contribution is 0.0942. The van der Waals surface area contributed by atoms with E-state index in [2.05, 4.69) is 15.6 Å². The molecule has 0 bridgehead atoms. The minimum absolute atomic E-state index is 0.256. The maximum Gasteiger partial charge on any atom is 0.273 e. The van der Waals surface area contributed by atoms with E-state index in [1.807, 2.05) is 80.1 Å². The van der Waals surface area contributed by atoms with Crippen LogP contribution >= 0.6 is 0 Å². The monoisotopic (exact) mass is 386 g/mol. The molecule has 1 N–H and O–H groups in total. The van der Waals surface area contributed by atoms with Gasteiger partial charge in [0.05, 0.1) is 11.4 Å². The fourth-order valence-corrected chi connectivity index (χ4v) is 3.25. The average molecular weight is 386 g/mol. The first kappa shape index (κ1) is 18.7. The molecule has 0 spiro atoms. The summed E-state index contributed by atoms with van der Waals surface area (Å²) in [6.45, 7) is 6.34. The highest BCUT2D eigenvalue weighted by molar-refractivity contribution is 5.93. The molecule has 0 radical (unpaired) electrons. The van der Waals surface area contributed by atoms with Gasteiger partial charge in [0.25, 0.3) is 5.91 Å². The van der Waals surface area contributed by atoms with Crippen molar-refractivity contribution in [2.75, 3.05) is 0 Å². The third kappa shape index (κ3) is 3.82. The Morgan fingerprint density at radius 1 is 1.03 bits per heavy atom. The maximum atomic E-state index is 12.6. The lowest BCUT2D eigenvalue weighted by Gasteiger charge is -2.06. The van der Waals surface area contributed by atoms with Gasteiger partial charge in [0.15, 0.2) is 11.5 Å². The third-order valence-electron chi connectivity index (χ3n) is 4.95. The van der Waals surface area contributed by atoms with E-state index in [9.17, 15) is 4.79 Å². The fourth-order valence-electron chi connectivity index (χ4n) is 3.25. The van der Waals surface area contributed by atoms with Gasteiger partial charge in [0, 0.05) is 29.4 Å². The zero-order valence-corrected chi connectivity index (χ0v) is 16.6. The molecule has 6 nitrogen and oxygen atoms in total. The molecule has 2 heterocycles. The minimum Gasteiger partial charge on any atom is -0.355 e. The normalized spacial score (nSPS) is 10.9. The van der Waals surface area contributed by atoms with Crippen molar-refractivity contribution in [3.05, 3.63) is 88.9 Å². The summed E-state index contributed by atoms with van der Waals surface area (Å²) >= 11 is 0. The number of para-hydroxylation sites is 1. The Kier molecular flexibility index (Phi) is 4.99. The SMILES string of the molecule is Cc1ccc(-c2cc(C(=O)NCc3c(C)nn(-c4ccccc4)c3C)no2)cc1. The van der Waals surface area contributed by atoms with Gasteiger partial charge in [-0.1, -0.05) is 53.2 Å². The highest BCUT2D eigenvalue weighted by atomic mass is 16.5. The van der Waals surface area contributed by atoms with Gasteiger partial charge in [0.2, 0.25) is 0 Å². The molecular weight excluding hydrogens is 364 g/mol. The number of carbonyl (C=O) groups is 1. The number of carbonyl (C=O) groups excluding carboxylic acids is 1. The predicted molar refractivity (Wildman–Crippen MR) is 111 cm³/mol. The first-order valence-electron chi connectivity index (χ1n) is 9.45. The van der Waals surface area contributed by atoms with Crippen LogP contribution in [0.1, 0.15) is 33.0 Å². The quantitative estimate of drug-likeness (QED) is 0.552. The van der Waals surface area contributed by atoms with Crippen molar-refractivity contribution in [2.24, 2.45) is 0 Å². The molecule has 29 heavy (non-hydrogen) atoms. The van der Waals surface area contributed by atoms with Crippen LogP contribution in [-0.4, -0.2) is 20.8 Å². The molecule has 0 unspecified atom stereocenters. The van der Waals surface area contributed by atoms with E-state index in [-0.39, 0.29) is 11.6 Å². The first-order valence-corrected chi connectivity index (χ1v) is 9.45. The van der Waals surface area contributed by atoms with Crippen LogP contribution in [0.25, 0.3) is 17.0 Å². The van der Waals surface area contributed by atoms with Gasteiger partial charge in [-0.15, -0.1) is 0 Å². The molecule has 4 rings (SSSR count). The Bertz CT molecular complexity index is 1140. The van der Waals surface area contributed by atoms with E-state index in [0.29, 0.717) is 12.3 Å². The molecule has 0 atom stereocenters. The van der Waals surface area contributed by atoms with Crippen LogP contribution in [0.3, 0.4) is 0 Å².